The van der Waals surface area contributed by atoms with Crippen LogP contribution in [0.4, 0.5) is 0 Å². The van der Waals surface area contributed by atoms with E-state index in [1.54, 1.807) is 0 Å². The molecule has 1 rings (SSSR count). The molecule has 1 heterocycles. The van der Waals surface area contributed by atoms with E-state index in [-0.39, 0.29) is 0 Å². The number of nitrogens with zero attached hydrogens (tertiary/aromatic N) is 2. The van der Waals surface area contributed by atoms with Gasteiger partial charge >= 0.3 is 0 Å². The summed E-state index contributed by atoms with van der Waals surface area (Å²) >= 11 is 0. The Labute approximate surface area is 100 Å². The van der Waals surface area contributed by atoms with Crippen LogP contribution in [0, 0.1) is 5.41 Å². The van der Waals surface area contributed by atoms with Crippen LogP contribution in [0.1, 0.15) is 51.9 Å². The van der Waals surface area contributed by atoms with Gasteiger partial charge in [-0.05, 0) is 12.8 Å². The molecule has 0 saturated carbocycles. The first-order valence-electron chi connectivity index (χ1n) is 6.80. The maximum Gasteiger partial charge on any atom is 0.193 e. The SMILES string of the molecule is CCCCCCCCN1CCCN(C)C1=N. The summed E-state index contributed by atoms with van der Waals surface area (Å²) in [6.45, 7) is 5.46. The van der Waals surface area contributed by atoms with Gasteiger partial charge in [-0.2, -0.15) is 0 Å². The Morgan fingerprint density at radius 3 is 2.50 bits per heavy atom. The second-order valence-corrected chi connectivity index (χ2v) is 4.85. The second kappa shape index (κ2) is 7.53. The monoisotopic (exact) mass is 225 g/mol. The number of unbranched alkanes of at least 4 members (excludes halogenated alkanes) is 5. The summed E-state index contributed by atoms with van der Waals surface area (Å²) in [5, 5.41) is 7.95. The lowest BCUT2D eigenvalue weighted by molar-refractivity contribution is 0.275. The molecule has 0 spiro atoms. The zero-order valence-electron chi connectivity index (χ0n) is 11.0. The molecule has 0 aromatic carbocycles. The van der Waals surface area contributed by atoms with E-state index in [2.05, 4.69) is 16.7 Å². The zero-order chi connectivity index (χ0) is 11.8. The molecule has 1 N–H and O–H groups in total. The summed E-state index contributed by atoms with van der Waals surface area (Å²) in [5.74, 6) is 0.722. The molecule has 0 unspecified atom stereocenters. The maximum absolute atomic E-state index is 7.95. The first-order valence-corrected chi connectivity index (χ1v) is 6.80. The summed E-state index contributed by atoms with van der Waals surface area (Å²) in [6, 6.07) is 0. The average Bonchev–Trinajstić information content (AvgIpc) is 2.29. The molecule has 0 aromatic rings. The van der Waals surface area contributed by atoms with Gasteiger partial charge in [-0.3, -0.25) is 5.41 Å². The van der Waals surface area contributed by atoms with Crippen LogP contribution >= 0.6 is 0 Å². The van der Waals surface area contributed by atoms with Crippen molar-refractivity contribution in [3.05, 3.63) is 0 Å². The molecule has 3 heteroatoms. The summed E-state index contributed by atoms with van der Waals surface area (Å²) in [7, 11) is 2.02. The number of hydrogen-bond donors (Lipinski definition) is 1. The van der Waals surface area contributed by atoms with Crippen molar-refractivity contribution in [3.8, 4) is 0 Å². The average molecular weight is 225 g/mol. The van der Waals surface area contributed by atoms with Crippen LogP contribution in [-0.2, 0) is 0 Å². The third-order valence-corrected chi connectivity index (χ3v) is 3.36. The van der Waals surface area contributed by atoms with Crippen LogP contribution in [0.5, 0.6) is 0 Å². The molecule has 16 heavy (non-hydrogen) atoms. The second-order valence-electron chi connectivity index (χ2n) is 4.85. The molecule has 1 aliphatic rings. The largest absolute Gasteiger partial charge is 0.346 e. The number of nitrogens with one attached hydrogen (secondary N) is 1. The fourth-order valence-corrected chi connectivity index (χ4v) is 2.25. The van der Waals surface area contributed by atoms with Gasteiger partial charge in [0, 0.05) is 26.7 Å². The van der Waals surface area contributed by atoms with E-state index in [0.717, 1.165) is 25.6 Å². The molecular weight excluding hydrogens is 198 g/mol. The van der Waals surface area contributed by atoms with E-state index in [1.165, 1.54) is 44.9 Å². The minimum Gasteiger partial charge on any atom is -0.346 e. The van der Waals surface area contributed by atoms with E-state index in [0.29, 0.717) is 0 Å². The topological polar surface area (TPSA) is 30.3 Å². The first kappa shape index (κ1) is 13.3. The van der Waals surface area contributed by atoms with E-state index >= 15 is 0 Å². The highest BCUT2D eigenvalue weighted by atomic mass is 15.4. The Morgan fingerprint density at radius 2 is 1.75 bits per heavy atom. The molecule has 1 fully saturated rings. The van der Waals surface area contributed by atoms with Crippen molar-refractivity contribution in [1.29, 1.82) is 5.41 Å². The smallest absolute Gasteiger partial charge is 0.193 e. The van der Waals surface area contributed by atoms with Crippen molar-refractivity contribution in [2.24, 2.45) is 0 Å². The normalized spacial score (nSPS) is 17.0. The fraction of sp³-hybridized carbons (Fsp3) is 0.923. The van der Waals surface area contributed by atoms with Gasteiger partial charge in [0.25, 0.3) is 0 Å². The van der Waals surface area contributed by atoms with Crippen molar-refractivity contribution < 1.29 is 0 Å². The predicted molar refractivity (Wildman–Crippen MR) is 69.9 cm³/mol. The minimum atomic E-state index is 0.722. The van der Waals surface area contributed by atoms with Gasteiger partial charge in [0.1, 0.15) is 0 Å². The standard InChI is InChI=1S/C13H27N3/c1-3-4-5-6-7-8-11-16-12-9-10-15(2)13(16)14/h14H,3-12H2,1-2H3. The summed E-state index contributed by atoms with van der Waals surface area (Å²) in [6.07, 6.45) is 9.23. The molecule has 0 atom stereocenters. The predicted octanol–water partition coefficient (Wildman–Crippen LogP) is 2.92. The Balaban J connectivity index is 2.05. The third kappa shape index (κ3) is 4.42. The first-order chi connectivity index (χ1) is 7.75. The van der Waals surface area contributed by atoms with Crippen LogP contribution in [0.3, 0.4) is 0 Å². The lowest BCUT2D eigenvalue weighted by Gasteiger charge is -2.36. The minimum absolute atomic E-state index is 0.722. The van der Waals surface area contributed by atoms with Crippen LogP contribution in [0.25, 0.3) is 0 Å². The van der Waals surface area contributed by atoms with Gasteiger partial charge in [-0.1, -0.05) is 39.0 Å². The third-order valence-electron chi connectivity index (χ3n) is 3.36. The molecule has 1 aliphatic heterocycles. The Bertz CT molecular complexity index is 203. The van der Waals surface area contributed by atoms with Crippen LogP contribution in [-0.4, -0.2) is 42.4 Å². The van der Waals surface area contributed by atoms with Crippen LogP contribution < -0.4 is 0 Å². The quantitative estimate of drug-likeness (QED) is 0.675. The molecule has 0 aromatic heterocycles. The van der Waals surface area contributed by atoms with Crippen molar-refractivity contribution in [3.63, 3.8) is 0 Å². The van der Waals surface area contributed by atoms with Gasteiger partial charge in [0.2, 0.25) is 0 Å². The van der Waals surface area contributed by atoms with Gasteiger partial charge in [0.15, 0.2) is 5.96 Å². The summed E-state index contributed by atoms with van der Waals surface area (Å²) in [5.41, 5.74) is 0. The molecule has 0 amide bonds. The van der Waals surface area contributed by atoms with Gasteiger partial charge < -0.3 is 9.80 Å². The van der Waals surface area contributed by atoms with Crippen LogP contribution in [0.2, 0.25) is 0 Å². The lowest BCUT2D eigenvalue weighted by atomic mass is 10.1. The van der Waals surface area contributed by atoms with Gasteiger partial charge in [-0.25, -0.2) is 0 Å². The highest BCUT2D eigenvalue weighted by Gasteiger charge is 2.17. The van der Waals surface area contributed by atoms with Crippen LogP contribution in [0.15, 0.2) is 0 Å². The maximum atomic E-state index is 7.95. The van der Waals surface area contributed by atoms with E-state index < -0.39 is 0 Å². The van der Waals surface area contributed by atoms with Gasteiger partial charge in [-0.15, -0.1) is 0 Å². The summed E-state index contributed by atoms with van der Waals surface area (Å²) < 4.78 is 0. The zero-order valence-corrected chi connectivity index (χ0v) is 11.0. The Morgan fingerprint density at radius 1 is 1.06 bits per heavy atom. The number of guanidine groups is 1. The van der Waals surface area contributed by atoms with Gasteiger partial charge in [0.05, 0.1) is 0 Å². The highest BCUT2D eigenvalue weighted by Crippen LogP contribution is 2.09. The Kier molecular flexibility index (Phi) is 6.27. The van der Waals surface area contributed by atoms with Crippen molar-refractivity contribution >= 4 is 5.96 Å². The molecule has 1 saturated heterocycles. The lowest BCUT2D eigenvalue weighted by Crippen LogP contribution is -2.48. The van der Waals surface area contributed by atoms with Crippen molar-refractivity contribution in [1.82, 2.24) is 9.80 Å². The molecular formula is C13H27N3. The van der Waals surface area contributed by atoms with E-state index in [9.17, 15) is 0 Å². The summed E-state index contributed by atoms with van der Waals surface area (Å²) in [4.78, 5) is 4.28. The number of hydrogen-bond acceptors (Lipinski definition) is 1. The molecule has 3 nitrogen and oxygen atoms in total. The van der Waals surface area contributed by atoms with E-state index in [4.69, 9.17) is 5.41 Å². The fourth-order valence-electron chi connectivity index (χ4n) is 2.25. The molecule has 94 valence electrons. The molecule has 0 radical (unpaired) electrons. The Hall–Kier alpha value is -0.730. The van der Waals surface area contributed by atoms with Crippen molar-refractivity contribution in [2.75, 3.05) is 26.7 Å². The van der Waals surface area contributed by atoms with Crippen molar-refractivity contribution in [2.45, 2.75) is 51.9 Å². The highest BCUT2D eigenvalue weighted by molar-refractivity contribution is 5.77. The molecule has 0 bridgehead atoms. The molecule has 0 aliphatic carbocycles. The number of rotatable bonds is 7. The van der Waals surface area contributed by atoms with E-state index in [1.807, 2.05) is 7.05 Å².